The van der Waals surface area contributed by atoms with Gasteiger partial charge in [-0.15, -0.1) is 0 Å². The lowest BCUT2D eigenvalue weighted by Crippen LogP contribution is -2.47. The third-order valence-corrected chi connectivity index (χ3v) is 6.60. The second-order valence-electron chi connectivity index (χ2n) is 8.41. The van der Waals surface area contributed by atoms with Crippen molar-refractivity contribution in [2.24, 2.45) is 0 Å². The van der Waals surface area contributed by atoms with Crippen LogP contribution in [0, 0.1) is 0 Å². The van der Waals surface area contributed by atoms with E-state index in [9.17, 15) is 4.79 Å². The van der Waals surface area contributed by atoms with Crippen molar-refractivity contribution in [3.05, 3.63) is 82.9 Å². The topological polar surface area (TPSA) is 47.4 Å². The van der Waals surface area contributed by atoms with Gasteiger partial charge in [-0.3, -0.25) is 9.78 Å². The predicted octanol–water partition coefficient (Wildman–Crippen LogP) is 4.11. The Kier molecular flexibility index (Phi) is 3.93. The molecular weight excluding hydrogens is 374 g/mol. The molecule has 150 valence electrons. The minimum atomic E-state index is 0.0866. The number of aromatic nitrogens is 2. The van der Waals surface area contributed by atoms with E-state index in [1.165, 1.54) is 0 Å². The lowest BCUT2D eigenvalue weighted by atomic mass is 10.1. The summed E-state index contributed by atoms with van der Waals surface area (Å²) in [6, 6.07) is 21.1. The Balaban J connectivity index is 1.38. The van der Waals surface area contributed by atoms with Crippen LogP contribution >= 0.6 is 0 Å². The van der Waals surface area contributed by atoms with Crippen LogP contribution in [0.2, 0.25) is 0 Å². The van der Waals surface area contributed by atoms with Gasteiger partial charge in [0.05, 0.1) is 35.8 Å². The van der Waals surface area contributed by atoms with Gasteiger partial charge < -0.3 is 14.2 Å². The fraction of sp³-hybridized carbons (Fsp3) is 0.280. The number of rotatable bonds is 4. The number of hydrogen-bond donors (Lipinski definition) is 0. The van der Waals surface area contributed by atoms with Crippen molar-refractivity contribution in [3.8, 4) is 0 Å². The third kappa shape index (κ3) is 2.73. The lowest BCUT2D eigenvalue weighted by molar-refractivity contribution is 0.0102. The van der Waals surface area contributed by atoms with Gasteiger partial charge in [0, 0.05) is 36.3 Å². The van der Waals surface area contributed by atoms with Crippen LogP contribution in [0.25, 0.3) is 21.7 Å². The highest BCUT2D eigenvalue weighted by molar-refractivity contribution is 5.93. The fourth-order valence-corrected chi connectivity index (χ4v) is 4.58. The first kappa shape index (κ1) is 17.7. The first-order chi connectivity index (χ1) is 14.7. The number of likely N-dealkylation sites (N-methyl/N-ethyl adjacent to an activating group) is 1. The minimum absolute atomic E-state index is 0.0866. The van der Waals surface area contributed by atoms with Crippen molar-refractivity contribution in [1.82, 2.24) is 9.55 Å². The molecule has 2 aliphatic rings. The average molecular weight is 397 g/mol. The van der Waals surface area contributed by atoms with E-state index in [-0.39, 0.29) is 17.5 Å². The number of anilines is 1. The van der Waals surface area contributed by atoms with Crippen LogP contribution in [0.5, 0.6) is 0 Å². The molecule has 0 N–H and O–H groups in total. The highest BCUT2D eigenvalue weighted by Gasteiger charge is 2.42. The molecule has 3 heterocycles. The molecule has 2 aromatic carbocycles. The molecular formula is C25H23N3O2. The normalized spacial score (nSPS) is 21.0. The first-order valence-electron chi connectivity index (χ1n) is 10.5. The highest BCUT2D eigenvalue weighted by atomic mass is 16.5. The standard InChI is InChI=1S/C25H23N3O2/c1-27(18-14-30-15-18)22-8-4-6-17-11-12-28(25(29)24(17)22)23-13-19(23)21-10-9-16-5-2-3-7-20(16)26-21/h2-12,18-19,23H,13-15H2,1H3/t19?,23-/m1/s1. The summed E-state index contributed by atoms with van der Waals surface area (Å²) >= 11 is 0. The molecule has 2 atom stereocenters. The number of hydrogen-bond acceptors (Lipinski definition) is 4. The Labute approximate surface area is 174 Å². The minimum Gasteiger partial charge on any atom is -0.377 e. The molecule has 30 heavy (non-hydrogen) atoms. The summed E-state index contributed by atoms with van der Waals surface area (Å²) < 4.78 is 7.27. The molecule has 1 saturated carbocycles. The maximum atomic E-state index is 13.5. The predicted molar refractivity (Wildman–Crippen MR) is 119 cm³/mol. The molecule has 1 saturated heterocycles. The summed E-state index contributed by atoms with van der Waals surface area (Å²) in [5.74, 6) is 0.287. The van der Waals surface area contributed by atoms with Crippen LogP contribution in [0.3, 0.4) is 0 Å². The van der Waals surface area contributed by atoms with E-state index in [2.05, 4.69) is 36.2 Å². The smallest absolute Gasteiger partial charge is 0.260 e. The third-order valence-electron chi connectivity index (χ3n) is 6.60. The molecule has 5 nitrogen and oxygen atoms in total. The largest absolute Gasteiger partial charge is 0.377 e. The zero-order chi connectivity index (χ0) is 20.2. The summed E-state index contributed by atoms with van der Waals surface area (Å²) in [7, 11) is 2.05. The van der Waals surface area contributed by atoms with E-state index in [1.54, 1.807) is 0 Å². The summed E-state index contributed by atoms with van der Waals surface area (Å²) in [5.41, 5.74) is 3.16. The van der Waals surface area contributed by atoms with Crippen LogP contribution in [0.15, 0.2) is 71.7 Å². The molecule has 0 spiro atoms. The Morgan fingerprint density at radius 3 is 2.67 bits per heavy atom. The van der Waals surface area contributed by atoms with Gasteiger partial charge in [0.2, 0.25) is 0 Å². The Bertz CT molecular complexity index is 1330. The molecule has 1 aliphatic heterocycles. The van der Waals surface area contributed by atoms with Gasteiger partial charge in [0.15, 0.2) is 0 Å². The number of ether oxygens (including phenoxy) is 1. The van der Waals surface area contributed by atoms with Gasteiger partial charge in [-0.2, -0.15) is 0 Å². The van der Waals surface area contributed by atoms with Crippen LogP contribution in [-0.4, -0.2) is 35.9 Å². The van der Waals surface area contributed by atoms with E-state index >= 15 is 0 Å². The highest BCUT2D eigenvalue weighted by Crippen LogP contribution is 2.50. The van der Waals surface area contributed by atoms with Crippen molar-refractivity contribution in [1.29, 1.82) is 0 Å². The SMILES string of the molecule is CN(c1cccc2ccn([C@@H]3CC3c3ccc4ccccc4n3)c(=O)c12)C1COC1. The van der Waals surface area contributed by atoms with Crippen molar-refractivity contribution in [3.63, 3.8) is 0 Å². The monoisotopic (exact) mass is 397 g/mol. The first-order valence-corrected chi connectivity index (χ1v) is 10.5. The van der Waals surface area contributed by atoms with Gasteiger partial charge in [0.1, 0.15) is 0 Å². The summed E-state index contributed by atoms with van der Waals surface area (Å²) in [5, 5.41) is 2.93. The van der Waals surface area contributed by atoms with E-state index in [1.807, 2.05) is 47.2 Å². The van der Waals surface area contributed by atoms with Gasteiger partial charge in [-0.25, -0.2) is 0 Å². The van der Waals surface area contributed by atoms with Crippen molar-refractivity contribution in [2.75, 3.05) is 25.2 Å². The molecule has 4 aromatic rings. The van der Waals surface area contributed by atoms with Gasteiger partial charge >= 0.3 is 0 Å². The van der Waals surface area contributed by atoms with E-state index in [0.717, 1.165) is 39.5 Å². The van der Waals surface area contributed by atoms with Gasteiger partial charge in [-0.05, 0) is 36.1 Å². The Morgan fingerprint density at radius 1 is 1.00 bits per heavy atom. The fourth-order valence-electron chi connectivity index (χ4n) is 4.58. The molecule has 1 aliphatic carbocycles. The van der Waals surface area contributed by atoms with Crippen LogP contribution in [-0.2, 0) is 4.74 Å². The van der Waals surface area contributed by atoms with E-state index < -0.39 is 0 Å². The molecule has 2 aromatic heterocycles. The zero-order valence-electron chi connectivity index (χ0n) is 16.9. The van der Waals surface area contributed by atoms with Crippen molar-refractivity contribution in [2.45, 2.75) is 24.4 Å². The van der Waals surface area contributed by atoms with Gasteiger partial charge in [0.25, 0.3) is 5.56 Å². The number of benzene rings is 2. The van der Waals surface area contributed by atoms with Crippen LogP contribution in [0.4, 0.5) is 5.69 Å². The van der Waals surface area contributed by atoms with Crippen molar-refractivity contribution < 1.29 is 4.74 Å². The summed E-state index contributed by atoms with van der Waals surface area (Å²) in [6.07, 6.45) is 2.90. The molecule has 0 radical (unpaired) electrons. The second-order valence-corrected chi connectivity index (χ2v) is 8.41. The Morgan fingerprint density at radius 2 is 1.83 bits per heavy atom. The van der Waals surface area contributed by atoms with Crippen LogP contribution in [0.1, 0.15) is 24.1 Å². The number of pyridine rings is 2. The molecule has 6 rings (SSSR count). The van der Waals surface area contributed by atoms with Gasteiger partial charge in [-0.1, -0.05) is 36.4 Å². The molecule has 2 fully saturated rings. The lowest BCUT2D eigenvalue weighted by Gasteiger charge is -2.36. The zero-order valence-corrected chi connectivity index (χ0v) is 16.9. The maximum Gasteiger partial charge on any atom is 0.260 e. The number of fused-ring (bicyclic) bond motifs is 2. The molecule has 5 heteroatoms. The second kappa shape index (κ2) is 6.67. The molecule has 1 unspecified atom stereocenters. The molecule has 0 bridgehead atoms. The summed E-state index contributed by atoms with van der Waals surface area (Å²) in [6.45, 7) is 1.43. The summed E-state index contributed by atoms with van der Waals surface area (Å²) in [4.78, 5) is 20.6. The van der Waals surface area contributed by atoms with E-state index in [0.29, 0.717) is 19.3 Å². The van der Waals surface area contributed by atoms with Crippen LogP contribution < -0.4 is 10.5 Å². The average Bonchev–Trinajstić information content (AvgIpc) is 3.52. The van der Waals surface area contributed by atoms with E-state index in [4.69, 9.17) is 9.72 Å². The quantitative estimate of drug-likeness (QED) is 0.520. The maximum absolute atomic E-state index is 13.5. The van der Waals surface area contributed by atoms with Crippen molar-refractivity contribution >= 4 is 27.4 Å². The molecule has 0 amide bonds. The Hall–Kier alpha value is -3.18. The number of para-hydroxylation sites is 1. The number of nitrogens with zero attached hydrogens (tertiary/aromatic N) is 3.